The van der Waals surface area contributed by atoms with Gasteiger partial charge in [0.05, 0.1) is 5.69 Å². The molecule has 0 saturated carbocycles. The highest BCUT2D eigenvalue weighted by atomic mass is 16.5. The van der Waals surface area contributed by atoms with E-state index in [0.29, 0.717) is 0 Å². The van der Waals surface area contributed by atoms with Crippen LogP contribution in [-0.4, -0.2) is 24.7 Å². The van der Waals surface area contributed by atoms with Gasteiger partial charge in [-0.05, 0) is 37.8 Å². The van der Waals surface area contributed by atoms with E-state index in [1.54, 1.807) is 7.05 Å². The van der Waals surface area contributed by atoms with Crippen molar-refractivity contribution in [2.45, 2.75) is 40.2 Å². The highest BCUT2D eigenvalue weighted by molar-refractivity contribution is 5.79. The second-order valence-electron chi connectivity index (χ2n) is 5.53. The van der Waals surface area contributed by atoms with E-state index in [9.17, 15) is 0 Å². The minimum atomic E-state index is 0.773. The van der Waals surface area contributed by atoms with Gasteiger partial charge in [0.2, 0.25) is 0 Å². The third-order valence-corrected chi connectivity index (χ3v) is 4.02. The van der Waals surface area contributed by atoms with Crippen molar-refractivity contribution in [2.75, 3.05) is 13.6 Å². The predicted molar refractivity (Wildman–Crippen MR) is 93.7 cm³/mol. The van der Waals surface area contributed by atoms with Crippen molar-refractivity contribution in [2.24, 2.45) is 4.99 Å². The molecule has 0 radical (unpaired) electrons. The van der Waals surface area contributed by atoms with Gasteiger partial charge in [-0.15, -0.1) is 0 Å². The molecule has 0 amide bonds. The first kappa shape index (κ1) is 17.1. The molecule has 0 aliphatic rings. The van der Waals surface area contributed by atoms with Crippen LogP contribution in [-0.2, 0) is 19.4 Å². The monoisotopic (exact) mass is 314 g/mol. The number of hydrogen-bond donors (Lipinski definition) is 2. The molecule has 0 bridgehead atoms. The molecule has 0 unspecified atom stereocenters. The summed E-state index contributed by atoms with van der Waals surface area (Å²) in [6, 6.07) is 8.48. The first-order chi connectivity index (χ1) is 11.2. The molecule has 1 heterocycles. The molecule has 2 aromatic rings. The van der Waals surface area contributed by atoms with Crippen molar-refractivity contribution >= 4 is 5.96 Å². The average molecular weight is 314 g/mol. The minimum absolute atomic E-state index is 0.773. The number of hydrogen-bond acceptors (Lipinski definition) is 3. The Labute approximate surface area is 138 Å². The van der Waals surface area contributed by atoms with Crippen LogP contribution in [0.5, 0.6) is 0 Å². The topological polar surface area (TPSA) is 62.5 Å². The summed E-state index contributed by atoms with van der Waals surface area (Å²) in [6.07, 6.45) is 1.91. The molecule has 2 rings (SSSR count). The second-order valence-corrected chi connectivity index (χ2v) is 5.53. The SMILES string of the molecule is CCc1ccccc1CNC(=NC)NCCc1c(C)noc1C. The molecule has 1 aromatic carbocycles. The molecule has 0 saturated heterocycles. The lowest BCUT2D eigenvalue weighted by atomic mass is 10.1. The highest BCUT2D eigenvalue weighted by Gasteiger charge is 2.08. The Morgan fingerprint density at radius 2 is 1.91 bits per heavy atom. The molecular formula is C18H26N4O. The van der Waals surface area contributed by atoms with Crippen LogP contribution in [0.2, 0.25) is 0 Å². The summed E-state index contributed by atoms with van der Waals surface area (Å²) in [6.45, 7) is 7.66. The molecule has 2 N–H and O–H groups in total. The number of benzene rings is 1. The van der Waals surface area contributed by atoms with Gasteiger partial charge in [-0.1, -0.05) is 36.3 Å². The number of nitrogens with one attached hydrogen (secondary N) is 2. The van der Waals surface area contributed by atoms with Crippen molar-refractivity contribution in [3.8, 4) is 0 Å². The summed E-state index contributed by atoms with van der Waals surface area (Å²) in [7, 11) is 1.79. The van der Waals surface area contributed by atoms with E-state index >= 15 is 0 Å². The second kappa shape index (κ2) is 8.36. The third kappa shape index (κ3) is 4.58. The zero-order chi connectivity index (χ0) is 16.7. The fourth-order valence-corrected chi connectivity index (χ4v) is 2.64. The molecule has 23 heavy (non-hydrogen) atoms. The van der Waals surface area contributed by atoms with Gasteiger partial charge in [-0.2, -0.15) is 0 Å². The maximum absolute atomic E-state index is 5.19. The maximum Gasteiger partial charge on any atom is 0.191 e. The summed E-state index contributed by atoms with van der Waals surface area (Å²) in [5.41, 5.74) is 4.81. The zero-order valence-corrected chi connectivity index (χ0v) is 14.4. The predicted octanol–water partition coefficient (Wildman–Crippen LogP) is 2.76. The third-order valence-electron chi connectivity index (χ3n) is 4.02. The molecule has 0 atom stereocenters. The van der Waals surface area contributed by atoms with Crippen LogP contribution in [0.25, 0.3) is 0 Å². The van der Waals surface area contributed by atoms with Crippen LogP contribution >= 0.6 is 0 Å². The molecular weight excluding hydrogens is 288 g/mol. The first-order valence-corrected chi connectivity index (χ1v) is 8.08. The molecule has 124 valence electrons. The lowest BCUT2D eigenvalue weighted by molar-refractivity contribution is 0.392. The summed E-state index contributed by atoms with van der Waals surface area (Å²) >= 11 is 0. The Balaban J connectivity index is 1.84. The largest absolute Gasteiger partial charge is 0.361 e. The van der Waals surface area contributed by atoms with Gasteiger partial charge < -0.3 is 15.2 Å². The van der Waals surface area contributed by atoms with Crippen LogP contribution in [0.3, 0.4) is 0 Å². The molecule has 0 spiro atoms. The van der Waals surface area contributed by atoms with E-state index in [1.165, 1.54) is 16.7 Å². The summed E-state index contributed by atoms with van der Waals surface area (Å²) in [5.74, 6) is 1.70. The van der Waals surface area contributed by atoms with Crippen molar-refractivity contribution < 1.29 is 4.52 Å². The molecule has 0 aliphatic heterocycles. The average Bonchev–Trinajstić information content (AvgIpc) is 2.89. The van der Waals surface area contributed by atoms with E-state index in [4.69, 9.17) is 4.52 Å². The fraction of sp³-hybridized carbons (Fsp3) is 0.444. The Morgan fingerprint density at radius 1 is 1.17 bits per heavy atom. The van der Waals surface area contributed by atoms with E-state index in [2.05, 4.69) is 52.0 Å². The lowest BCUT2D eigenvalue weighted by Crippen LogP contribution is -2.38. The molecule has 5 heteroatoms. The lowest BCUT2D eigenvalue weighted by Gasteiger charge is -2.13. The van der Waals surface area contributed by atoms with Crippen LogP contribution in [0.15, 0.2) is 33.8 Å². The number of aliphatic imine (C=N–C) groups is 1. The van der Waals surface area contributed by atoms with Gasteiger partial charge in [0.25, 0.3) is 0 Å². The van der Waals surface area contributed by atoms with Gasteiger partial charge in [0.15, 0.2) is 5.96 Å². The number of nitrogens with zero attached hydrogens (tertiary/aromatic N) is 2. The zero-order valence-electron chi connectivity index (χ0n) is 14.4. The molecule has 0 fully saturated rings. The van der Waals surface area contributed by atoms with Gasteiger partial charge in [-0.3, -0.25) is 4.99 Å². The van der Waals surface area contributed by atoms with Gasteiger partial charge in [-0.25, -0.2) is 0 Å². The Kier molecular flexibility index (Phi) is 6.20. The van der Waals surface area contributed by atoms with Crippen molar-refractivity contribution in [1.82, 2.24) is 15.8 Å². The molecule has 1 aromatic heterocycles. The van der Waals surface area contributed by atoms with Gasteiger partial charge in [0, 0.05) is 25.7 Å². The summed E-state index contributed by atoms with van der Waals surface area (Å²) in [4.78, 5) is 4.28. The van der Waals surface area contributed by atoms with Crippen molar-refractivity contribution in [3.63, 3.8) is 0 Å². The molecule has 5 nitrogen and oxygen atoms in total. The Bertz CT molecular complexity index is 641. The number of guanidine groups is 1. The van der Waals surface area contributed by atoms with E-state index in [1.807, 2.05) is 13.8 Å². The molecule has 0 aliphatic carbocycles. The van der Waals surface area contributed by atoms with Crippen LogP contribution < -0.4 is 10.6 Å². The Morgan fingerprint density at radius 3 is 2.52 bits per heavy atom. The van der Waals surface area contributed by atoms with Crippen molar-refractivity contribution in [1.29, 1.82) is 0 Å². The number of rotatable bonds is 6. The fourth-order valence-electron chi connectivity index (χ4n) is 2.64. The van der Waals surface area contributed by atoms with E-state index < -0.39 is 0 Å². The highest BCUT2D eigenvalue weighted by Crippen LogP contribution is 2.12. The summed E-state index contributed by atoms with van der Waals surface area (Å²) in [5, 5.41) is 10.7. The maximum atomic E-state index is 5.19. The smallest absolute Gasteiger partial charge is 0.191 e. The minimum Gasteiger partial charge on any atom is -0.361 e. The summed E-state index contributed by atoms with van der Waals surface area (Å²) < 4.78 is 5.19. The van der Waals surface area contributed by atoms with Crippen LogP contribution in [0, 0.1) is 13.8 Å². The van der Waals surface area contributed by atoms with Crippen molar-refractivity contribution in [3.05, 3.63) is 52.4 Å². The van der Waals surface area contributed by atoms with Crippen LogP contribution in [0.4, 0.5) is 0 Å². The van der Waals surface area contributed by atoms with Gasteiger partial charge >= 0.3 is 0 Å². The van der Waals surface area contributed by atoms with E-state index in [0.717, 1.165) is 43.3 Å². The van der Waals surface area contributed by atoms with Crippen LogP contribution in [0.1, 0.15) is 35.1 Å². The quantitative estimate of drug-likeness (QED) is 0.636. The normalized spacial score (nSPS) is 11.6. The van der Waals surface area contributed by atoms with E-state index in [-0.39, 0.29) is 0 Å². The standard InChI is InChI=1S/C18H26N4O/c1-5-15-8-6-7-9-16(15)12-21-18(19-4)20-11-10-17-13(2)22-23-14(17)3/h6-9H,5,10-12H2,1-4H3,(H2,19,20,21). The first-order valence-electron chi connectivity index (χ1n) is 8.08. The van der Waals surface area contributed by atoms with Gasteiger partial charge in [0.1, 0.15) is 5.76 Å². The Hall–Kier alpha value is -2.30. The number of aromatic nitrogens is 1. The number of aryl methyl sites for hydroxylation is 3.